The zero-order valence-electron chi connectivity index (χ0n) is 17.2. The number of piperidine rings is 1. The van der Waals surface area contributed by atoms with Crippen LogP contribution in [0.25, 0.3) is 0 Å². The molecular weight excluding hydrogens is 402 g/mol. The number of rotatable bonds is 7. The predicted octanol–water partition coefficient (Wildman–Crippen LogP) is 2.31. The average Bonchev–Trinajstić information content (AvgIpc) is 2.74. The molecule has 1 heterocycles. The molecule has 0 saturated carbocycles. The summed E-state index contributed by atoms with van der Waals surface area (Å²) in [5.41, 5.74) is 1.23. The third-order valence-electron chi connectivity index (χ3n) is 5.22. The standard InChI is InChI=1S/C22H27N3O4S/c1-24(2)30(28,29)19-13-7-6-12-18(19)16-23-22(27)21(17-10-4-3-5-11-17)25-15-9-8-14-20(25)26/h3-7,10-13,21H,8-9,14-16H2,1-2H3,(H,23,27). The summed E-state index contributed by atoms with van der Waals surface area (Å²) < 4.78 is 26.4. The Morgan fingerprint density at radius 1 is 1.07 bits per heavy atom. The first-order chi connectivity index (χ1) is 14.3. The summed E-state index contributed by atoms with van der Waals surface area (Å²) in [5.74, 6) is -0.366. The van der Waals surface area contributed by atoms with Crippen molar-refractivity contribution in [2.75, 3.05) is 20.6 Å². The van der Waals surface area contributed by atoms with Gasteiger partial charge in [-0.05, 0) is 30.0 Å². The molecule has 0 spiro atoms. The molecule has 160 valence electrons. The third-order valence-corrected chi connectivity index (χ3v) is 7.14. The zero-order chi connectivity index (χ0) is 21.7. The van der Waals surface area contributed by atoms with Gasteiger partial charge in [0, 0.05) is 33.6 Å². The van der Waals surface area contributed by atoms with Crippen LogP contribution in [-0.2, 0) is 26.2 Å². The highest BCUT2D eigenvalue weighted by Crippen LogP contribution is 2.26. The Morgan fingerprint density at radius 2 is 1.73 bits per heavy atom. The van der Waals surface area contributed by atoms with Crippen LogP contribution in [0.1, 0.15) is 36.4 Å². The van der Waals surface area contributed by atoms with Crippen molar-refractivity contribution in [1.82, 2.24) is 14.5 Å². The molecule has 1 fully saturated rings. The first-order valence-corrected chi connectivity index (χ1v) is 11.4. The topological polar surface area (TPSA) is 86.8 Å². The van der Waals surface area contributed by atoms with Crippen molar-refractivity contribution >= 4 is 21.8 Å². The zero-order valence-corrected chi connectivity index (χ0v) is 18.1. The molecule has 7 nitrogen and oxygen atoms in total. The molecule has 0 aliphatic carbocycles. The maximum absolute atomic E-state index is 13.2. The van der Waals surface area contributed by atoms with Crippen molar-refractivity contribution < 1.29 is 18.0 Å². The van der Waals surface area contributed by atoms with Gasteiger partial charge < -0.3 is 10.2 Å². The number of likely N-dealkylation sites (tertiary alicyclic amines) is 1. The SMILES string of the molecule is CN(C)S(=O)(=O)c1ccccc1CNC(=O)C(c1ccccc1)N1CCCCC1=O. The molecule has 0 radical (unpaired) electrons. The molecule has 0 aromatic heterocycles. The number of nitrogens with zero attached hydrogens (tertiary/aromatic N) is 2. The fourth-order valence-electron chi connectivity index (χ4n) is 3.59. The molecule has 1 saturated heterocycles. The minimum absolute atomic E-state index is 0.0409. The summed E-state index contributed by atoms with van der Waals surface area (Å²) in [7, 11) is -0.699. The number of benzene rings is 2. The molecule has 1 aliphatic heterocycles. The van der Waals surface area contributed by atoms with Gasteiger partial charge in [-0.15, -0.1) is 0 Å². The molecule has 1 N–H and O–H groups in total. The Bertz CT molecular complexity index is 1010. The first kappa shape index (κ1) is 22.0. The van der Waals surface area contributed by atoms with Crippen LogP contribution in [0.5, 0.6) is 0 Å². The average molecular weight is 430 g/mol. The Hall–Kier alpha value is -2.71. The normalized spacial score (nSPS) is 15.8. The second-order valence-corrected chi connectivity index (χ2v) is 9.59. The largest absolute Gasteiger partial charge is 0.350 e. The number of amides is 2. The summed E-state index contributed by atoms with van der Waals surface area (Å²) in [5, 5.41) is 2.85. The highest BCUT2D eigenvalue weighted by Gasteiger charge is 2.32. The molecule has 1 aliphatic rings. The fraction of sp³-hybridized carbons (Fsp3) is 0.364. The van der Waals surface area contributed by atoms with Crippen LogP contribution in [0.2, 0.25) is 0 Å². The van der Waals surface area contributed by atoms with Crippen LogP contribution in [0.3, 0.4) is 0 Å². The maximum atomic E-state index is 13.2. The van der Waals surface area contributed by atoms with Crippen LogP contribution in [0.4, 0.5) is 0 Å². The quantitative estimate of drug-likeness (QED) is 0.732. The van der Waals surface area contributed by atoms with E-state index >= 15 is 0 Å². The van der Waals surface area contributed by atoms with Gasteiger partial charge in [0.05, 0.1) is 4.90 Å². The Morgan fingerprint density at radius 3 is 2.40 bits per heavy atom. The molecule has 1 atom stereocenters. The molecule has 30 heavy (non-hydrogen) atoms. The lowest BCUT2D eigenvalue weighted by molar-refractivity contribution is -0.142. The van der Waals surface area contributed by atoms with E-state index in [0.29, 0.717) is 18.5 Å². The van der Waals surface area contributed by atoms with E-state index in [1.54, 1.807) is 23.1 Å². The number of hydrogen-bond acceptors (Lipinski definition) is 4. The summed E-state index contributed by atoms with van der Waals surface area (Å²) in [6.45, 7) is 0.574. The van der Waals surface area contributed by atoms with E-state index in [-0.39, 0.29) is 23.3 Å². The van der Waals surface area contributed by atoms with Gasteiger partial charge in [0.25, 0.3) is 0 Å². The van der Waals surface area contributed by atoms with E-state index < -0.39 is 16.1 Å². The van der Waals surface area contributed by atoms with E-state index in [1.807, 2.05) is 30.3 Å². The Kier molecular flexibility index (Phi) is 6.89. The number of carbonyl (C=O) groups excluding carboxylic acids is 2. The molecule has 2 aromatic carbocycles. The molecule has 2 aromatic rings. The van der Waals surface area contributed by atoms with E-state index in [1.165, 1.54) is 20.2 Å². The van der Waals surface area contributed by atoms with Crippen molar-refractivity contribution in [2.24, 2.45) is 0 Å². The van der Waals surface area contributed by atoms with Crippen LogP contribution in [0.15, 0.2) is 59.5 Å². The number of sulfonamides is 1. The fourth-order valence-corrected chi connectivity index (χ4v) is 4.70. The summed E-state index contributed by atoms with van der Waals surface area (Å²) >= 11 is 0. The van der Waals surface area contributed by atoms with E-state index in [9.17, 15) is 18.0 Å². The number of nitrogens with one attached hydrogen (secondary N) is 1. The third kappa shape index (κ3) is 4.71. The lowest BCUT2D eigenvalue weighted by Gasteiger charge is -2.34. The van der Waals surface area contributed by atoms with Crippen molar-refractivity contribution in [3.05, 3.63) is 65.7 Å². The molecular formula is C22H27N3O4S. The van der Waals surface area contributed by atoms with Crippen LogP contribution in [0, 0.1) is 0 Å². The lowest BCUT2D eigenvalue weighted by Crippen LogP contribution is -2.45. The summed E-state index contributed by atoms with van der Waals surface area (Å²) in [4.78, 5) is 27.5. The number of carbonyl (C=O) groups is 2. The molecule has 2 amide bonds. The minimum Gasteiger partial charge on any atom is -0.350 e. The lowest BCUT2D eigenvalue weighted by atomic mass is 10.0. The van der Waals surface area contributed by atoms with E-state index in [4.69, 9.17) is 0 Å². The van der Waals surface area contributed by atoms with Gasteiger partial charge in [0.15, 0.2) is 0 Å². The van der Waals surface area contributed by atoms with Crippen LogP contribution < -0.4 is 5.32 Å². The molecule has 8 heteroatoms. The minimum atomic E-state index is -3.64. The maximum Gasteiger partial charge on any atom is 0.247 e. The van der Waals surface area contributed by atoms with Gasteiger partial charge in [-0.1, -0.05) is 48.5 Å². The van der Waals surface area contributed by atoms with Crippen molar-refractivity contribution in [1.29, 1.82) is 0 Å². The Labute approximate surface area is 177 Å². The predicted molar refractivity (Wildman–Crippen MR) is 114 cm³/mol. The Balaban J connectivity index is 1.85. The van der Waals surface area contributed by atoms with Gasteiger partial charge in [-0.2, -0.15) is 0 Å². The monoisotopic (exact) mass is 429 g/mol. The van der Waals surface area contributed by atoms with Crippen LogP contribution >= 0.6 is 0 Å². The summed E-state index contributed by atoms with van der Waals surface area (Å²) in [6, 6.07) is 15.1. The van der Waals surface area contributed by atoms with Crippen molar-refractivity contribution in [2.45, 2.75) is 36.7 Å². The highest BCUT2D eigenvalue weighted by atomic mass is 32.2. The van der Waals surface area contributed by atoms with Gasteiger partial charge >= 0.3 is 0 Å². The molecule has 0 bridgehead atoms. The van der Waals surface area contributed by atoms with Crippen molar-refractivity contribution in [3.8, 4) is 0 Å². The van der Waals surface area contributed by atoms with Gasteiger partial charge in [-0.25, -0.2) is 12.7 Å². The van der Waals surface area contributed by atoms with Crippen molar-refractivity contribution in [3.63, 3.8) is 0 Å². The highest BCUT2D eigenvalue weighted by molar-refractivity contribution is 7.89. The van der Waals surface area contributed by atoms with E-state index in [0.717, 1.165) is 22.7 Å². The smallest absolute Gasteiger partial charge is 0.247 e. The van der Waals surface area contributed by atoms with Crippen LogP contribution in [-0.4, -0.2) is 50.1 Å². The second kappa shape index (κ2) is 9.40. The number of hydrogen-bond donors (Lipinski definition) is 1. The molecule has 3 rings (SSSR count). The van der Waals surface area contributed by atoms with E-state index in [2.05, 4.69) is 5.32 Å². The van der Waals surface area contributed by atoms with Gasteiger partial charge in [0.2, 0.25) is 21.8 Å². The molecule has 1 unspecified atom stereocenters. The first-order valence-electron chi connectivity index (χ1n) is 9.95. The van der Waals surface area contributed by atoms with Gasteiger partial charge in [0.1, 0.15) is 6.04 Å². The second-order valence-electron chi connectivity index (χ2n) is 7.47. The van der Waals surface area contributed by atoms with Gasteiger partial charge in [-0.3, -0.25) is 9.59 Å². The summed E-state index contributed by atoms with van der Waals surface area (Å²) in [6.07, 6.45) is 2.11.